The van der Waals surface area contributed by atoms with Gasteiger partial charge in [0.15, 0.2) is 0 Å². The first-order chi connectivity index (χ1) is 9.22. The van der Waals surface area contributed by atoms with E-state index >= 15 is 0 Å². The molecular formula is C17H34N2. The normalized spacial score (nSPS) is 33.8. The van der Waals surface area contributed by atoms with Gasteiger partial charge in [-0.15, -0.1) is 0 Å². The Labute approximate surface area is 120 Å². The largest absolute Gasteiger partial charge is 0.317 e. The zero-order valence-corrected chi connectivity index (χ0v) is 13.3. The molecule has 0 aromatic rings. The average Bonchev–Trinajstić information content (AvgIpc) is 2.40. The fourth-order valence-electron chi connectivity index (χ4n) is 4.43. The van der Waals surface area contributed by atoms with Crippen LogP contribution in [0, 0.1) is 17.8 Å². The lowest BCUT2D eigenvalue weighted by atomic mass is 9.77. The Morgan fingerprint density at radius 2 is 1.63 bits per heavy atom. The van der Waals surface area contributed by atoms with Gasteiger partial charge in [-0.2, -0.15) is 0 Å². The Hall–Kier alpha value is -0.0800. The molecule has 1 heterocycles. The van der Waals surface area contributed by atoms with E-state index in [0.717, 1.165) is 23.8 Å². The highest BCUT2D eigenvalue weighted by atomic mass is 15.2. The van der Waals surface area contributed by atoms with E-state index in [9.17, 15) is 0 Å². The second-order valence-corrected chi connectivity index (χ2v) is 7.06. The Balaban J connectivity index is 1.96. The molecule has 1 N–H and O–H groups in total. The molecule has 0 aromatic heterocycles. The highest BCUT2D eigenvalue weighted by molar-refractivity contribution is 4.87. The Morgan fingerprint density at radius 3 is 2.21 bits per heavy atom. The topological polar surface area (TPSA) is 15.3 Å². The molecular weight excluding hydrogens is 232 g/mol. The van der Waals surface area contributed by atoms with E-state index in [1.54, 1.807) is 0 Å². The third-order valence-electron chi connectivity index (χ3n) is 5.37. The van der Waals surface area contributed by atoms with Gasteiger partial charge in [-0.05, 0) is 69.5 Å². The smallest absolute Gasteiger partial charge is 0.0147 e. The maximum Gasteiger partial charge on any atom is 0.0147 e. The summed E-state index contributed by atoms with van der Waals surface area (Å²) in [6.45, 7) is 12.5. The SMILES string of the molecule is CCCN(CC1CCNCC1)C1C(C)CCCC1C. The van der Waals surface area contributed by atoms with Crippen molar-refractivity contribution in [1.82, 2.24) is 10.2 Å². The zero-order valence-electron chi connectivity index (χ0n) is 13.3. The molecule has 2 fully saturated rings. The molecule has 0 spiro atoms. The first kappa shape index (κ1) is 15.3. The molecule has 0 amide bonds. The van der Waals surface area contributed by atoms with Crippen LogP contribution in [0.25, 0.3) is 0 Å². The van der Waals surface area contributed by atoms with Crippen LogP contribution in [0.3, 0.4) is 0 Å². The minimum Gasteiger partial charge on any atom is -0.317 e. The second-order valence-electron chi connectivity index (χ2n) is 7.06. The summed E-state index contributed by atoms with van der Waals surface area (Å²) in [5, 5.41) is 3.50. The molecule has 1 saturated heterocycles. The fraction of sp³-hybridized carbons (Fsp3) is 1.00. The lowest BCUT2D eigenvalue weighted by Crippen LogP contribution is -2.49. The summed E-state index contributed by atoms with van der Waals surface area (Å²) in [4.78, 5) is 2.87. The van der Waals surface area contributed by atoms with E-state index in [4.69, 9.17) is 0 Å². The first-order valence-electron chi connectivity index (χ1n) is 8.67. The summed E-state index contributed by atoms with van der Waals surface area (Å²) in [5.74, 6) is 2.74. The summed E-state index contributed by atoms with van der Waals surface area (Å²) in [6.07, 6.45) is 8.42. The number of rotatable bonds is 5. The highest BCUT2D eigenvalue weighted by Gasteiger charge is 2.33. The minimum atomic E-state index is 0.851. The molecule has 1 aliphatic heterocycles. The van der Waals surface area contributed by atoms with Crippen LogP contribution in [-0.2, 0) is 0 Å². The van der Waals surface area contributed by atoms with Gasteiger partial charge in [-0.25, -0.2) is 0 Å². The van der Waals surface area contributed by atoms with Crippen molar-refractivity contribution in [3.63, 3.8) is 0 Å². The molecule has 2 unspecified atom stereocenters. The molecule has 19 heavy (non-hydrogen) atoms. The van der Waals surface area contributed by atoms with Crippen LogP contribution >= 0.6 is 0 Å². The van der Waals surface area contributed by atoms with Crippen molar-refractivity contribution in [3.8, 4) is 0 Å². The number of hydrogen-bond donors (Lipinski definition) is 1. The van der Waals surface area contributed by atoms with E-state index in [1.807, 2.05) is 0 Å². The monoisotopic (exact) mass is 266 g/mol. The Bertz CT molecular complexity index is 238. The standard InChI is InChI=1S/C17H34N2/c1-4-12-19(13-16-8-10-18-11-9-16)17-14(2)6-5-7-15(17)3/h14-18H,4-13H2,1-3H3. The van der Waals surface area contributed by atoms with E-state index in [-0.39, 0.29) is 0 Å². The van der Waals surface area contributed by atoms with Gasteiger partial charge in [0.05, 0.1) is 0 Å². The van der Waals surface area contributed by atoms with E-state index in [1.165, 1.54) is 64.7 Å². The Morgan fingerprint density at radius 1 is 1.00 bits per heavy atom. The van der Waals surface area contributed by atoms with Crippen molar-refractivity contribution in [2.75, 3.05) is 26.2 Å². The molecule has 2 heteroatoms. The van der Waals surface area contributed by atoms with Crippen molar-refractivity contribution in [2.45, 2.75) is 65.3 Å². The third-order valence-corrected chi connectivity index (χ3v) is 5.37. The Kier molecular flexibility index (Phi) is 6.15. The van der Waals surface area contributed by atoms with Gasteiger partial charge in [0.1, 0.15) is 0 Å². The summed E-state index contributed by atoms with van der Waals surface area (Å²) >= 11 is 0. The van der Waals surface area contributed by atoms with Gasteiger partial charge in [-0.1, -0.05) is 27.2 Å². The predicted octanol–water partition coefficient (Wildman–Crippen LogP) is 3.52. The number of nitrogens with zero attached hydrogens (tertiary/aromatic N) is 1. The zero-order chi connectivity index (χ0) is 13.7. The molecule has 1 aliphatic carbocycles. The van der Waals surface area contributed by atoms with Crippen LogP contribution in [0.15, 0.2) is 0 Å². The predicted molar refractivity (Wildman–Crippen MR) is 83.4 cm³/mol. The lowest BCUT2D eigenvalue weighted by Gasteiger charge is -2.44. The summed E-state index contributed by atoms with van der Waals surface area (Å²) < 4.78 is 0. The van der Waals surface area contributed by atoms with Crippen LogP contribution in [0.2, 0.25) is 0 Å². The molecule has 0 radical (unpaired) electrons. The van der Waals surface area contributed by atoms with Crippen LogP contribution in [0.1, 0.15) is 59.3 Å². The van der Waals surface area contributed by atoms with Crippen molar-refractivity contribution in [1.29, 1.82) is 0 Å². The minimum absolute atomic E-state index is 0.851. The summed E-state index contributed by atoms with van der Waals surface area (Å²) in [7, 11) is 0. The molecule has 1 saturated carbocycles. The molecule has 0 aromatic carbocycles. The van der Waals surface area contributed by atoms with E-state index < -0.39 is 0 Å². The fourth-order valence-corrected chi connectivity index (χ4v) is 4.43. The first-order valence-corrected chi connectivity index (χ1v) is 8.67. The third kappa shape index (κ3) is 4.19. The second kappa shape index (κ2) is 7.64. The molecule has 112 valence electrons. The van der Waals surface area contributed by atoms with Gasteiger partial charge in [0, 0.05) is 12.6 Å². The number of piperidine rings is 1. The van der Waals surface area contributed by atoms with E-state index in [0.29, 0.717) is 0 Å². The molecule has 2 nitrogen and oxygen atoms in total. The molecule has 2 atom stereocenters. The van der Waals surface area contributed by atoms with Gasteiger partial charge in [0.25, 0.3) is 0 Å². The van der Waals surface area contributed by atoms with Gasteiger partial charge in [-0.3, -0.25) is 4.90 Å². The molecule has 2 aliphatic rings. The number of hydrogen-bond acceptors (Lipinski definition) is 2. The van der Waals surface area contributed by atoms with Gasteiger partial charge < -0.3 is 5.32 Å². The van der Waals surface area contributed by atoms with Crippen molar-refractivity contribution >= 4 is 0 Å². The lowest BCUT2D eigenvalue weighted by molar-refractivity contribution is 0.0516. The van der Waals surface area contributed by atoms with Crippen molar-refractivity contribution in [3.05, 3.63) is 0 Å². The van der Waals surface area contributed by atoms with Crippen LogP contribution in [0.5, 0.6) is 0 Å². The average molecular weight is 266 g/mol. The van der Waals surface area contributed by atoms with E-state index in [2.05, 4.69) is 31.0 Å². The molecule has 0 bridgehead atoms. The molecule has 2 rings (SSSR count). The van der Waals surface area contributed by atoms with Crippen molar-refractivity contribution < 1.29 is 0 Å². The van der Waals surface area contributed by atoms with Crippen molar-refractivity contribution in [2.24, 2.45) is 17.8 Å². The number of nitrogens with one attached hydrogen (secondary N) is 1. The summed E-state index contributed by atoms with van der Waals surface area (Å²) in [5.41, 5.74) is 0. The summed E-state index contributed by atoms with van der Waals surface area (Å²) in [6, 6.07) is 0.851. The van der Waals surface area contributed by atoms with Gasteiger partial charge >= 0.3 is 0 Å². The van der Waals surface area contributed by atoms with Crippen LogP contribution in [0.4, 0.5) is 0 Å². The quantitative estimate of drug-likeness (QED) is 0.819. The van der Waals surface area contributed by atoms with Crippen LogP contribution in [-0.4, -0.2) is 37.1 Å². The van der Waals surface area contributed by atoms with Crippen LogP contribution < -0.4 is 5.32 Å². The maximum absolute atomic E-state index is 3.50. The van der Waals surface area contributed by atoms with Gasteiger partial charge in [0.2, 0.25) is 0 Å². The maximum atomic E-state index is 3.50. The highest BCUT2D eigenvalue weighted by Crippen LogP contribution is 2.33.